The van der Waals surface area contributed by atoms with Crippen molar-refractivity contribution in [2.75, 3.05) is 5.75 Å². The quantitative estimate of drug-likeness (QED) is 0.625. The molecule has 0 aromatic carbocycles. The van der Waals surface area contributed by atoms with Gasteiger partial charge in [-0.15, -0.1) is 0 Å². The van der Waals surface area contributed by atoms with Crippen molar-refractivity contribution in [3.8, 4) is 0 Å². The van der Waals surface area contributed by atoms with Crippen LogP contribution in [-0.4, -0.2) is 24.6 Å². The summed E-state index contributed by atoms with van der Waals surface area (Å²) >= 11 is 0. The molecule has 4 nitrogen and oxygen atoms in total. The fourth-order valence-electron chi connectivity index (χ4n) is 0.356. The molecule has 0 amide bonds. The van der Waals surface area contributed by atoms with Crippen molar-refractivity contribution in [2.24, 2.45) is 0 Å². The minimum absolute atomic E-state index is 0.275. The molecule has 0 rings (SSSR count). The largest absolute Gasteiger partial charge is 0.470 e. The normalized spacial score (nSPS) is 11.2. The van der Waals surface area contributed by atoms with E-state index in [0.29, 0.717) is 6.42 Å². The van der Waals surface area contributed by atoms with Crippen molar-refractivity contribution >= 4 is 15.1 Å². The van der Waals surface area contributed by atoms with E-state index in [1.54, 1.807) is 6.92 Å². The molecule has 0 saturated heterocycles. The van der Waals surface area contributed by atoms with Crippen molar-refractivity contribution in [3.63, 3.8) is 0 Å². The molecule has 0 atom stereocenters. The summed E-state index contributed by atoms with van der Waals surface area (Å²) in [7, 11) is -3.83. The van der Waals surface area contributed by atoms with Gasteiger partial charge in [0.25, 0.3) is 0 Å². The summed E-state index contributed by atoms with van der Waals surface area (Å²) in [5, 5.41) is 6.25. The molecule has 0 saturated carbocycles. The minimum Gasteiger partial charge on any atom is -0.470 e. The van der Waals surface area contributed by atoms with Crippen LogP contribution in [0.3, 0.4) is 0 Å². The molecular weight excluding hydrogens is 144 g/mol. The van der Waals surface area contributed by atoms with Crippen LogP contribution >= 0.6 is 0 Å². The third-order valence-corrected chi connectivity index (χ3v) is 2.22. The van der Waals surface area contributed by atoms with Gasteiger partial charge >= 0.3 is 5.30 Å². The molecule has 1 N–H and O–H groups in total. The fraction of sp³-hybridized carbons (Fsp3) is 0.750. The molecule has 9 heavy (non-hydrogen) atoms. The van der Waals surface area contributed by atoms with Gasteiger partial charge in [-0.2, -0.15) is 0 Å². The summed E-state index contributed by atoms with van der Waals surface area (Å²) in [6.07, 6.45) is 0.342. The third-order valence-electron chi connectivity index (χ3n) is 0.739. The van der Waals surface area contributed by atoms with Gasteiger partial charge in [0, 0.05) is 0 Å². The zero-order chi connectivity index (χ0) is 7.49. The van der Waals surface area contributed by atoms with Crippen LogP contribution in [0.25, 0.3) is 0 Å². The van der Waals surface area contributed by atoms with Crippen molar-refractivity contribution in [1.82, 2.24) is 0 Å². The standard InChI is InChI=1S/C4H8O4S/c1-2-3-9(7,8)4(5)6/h2-3H2,1H3,(H,5,6). The number of hydrogen-bond acceptors (Lipinski definition) is 3. The molecule has 0 unspecified atom stereocenters. The van der Waals surface area contributed by atoms with E-state index in [1.807, 2.05) is 0 Å². The first-order valence-electron chi connectivity index (χ1n) is 2.46. The lowest BCUT2D eigenvalue weighted by molar-refractivity contribution is 0.219. The molecule has 5 heteroatoms. The third kappa shape index (κ3) is 2.46. The van der Waals surface area contributed by atoms with Crippen LogP contribution in [0.1, 0.15) is 13.3 Å². The van der Waals surface area contributed by atoms with Crippen molar-refractivity contribution in [2.45, 2.75) is 13.3 Å². The van der Waals surface area contributed by atoms with E-state index < -0.39 is 15.1 Å². The van der Waals surface area contributed by atoms with Gasteiger partial charge < -0.3 is 5.11 Å². The zero-order valence-corrected chi connectivity index (χ0v) is 5.81. The lowest BCUT2D eigenvalue weighted by atomic mass is 10.6. The lowest BCUT2D eigenvalue weighted by Crippen LogP contribution is -2.14. The van der Waals surface area contributed by atoms with Crippen LogP contribution in [0.15, 0.2) is 0 Å². The van der Waals surface area contributed by atoms with Crippen LogP contribution in [-0.2, 0) is 9.84 Å². The van der Waals surface area contributed by atoms with Gasteiger partial charge in [0.05, 0.1) is 5.75 Å². The smallest absolute Gasteiger partial charge is 0.422 e. The van der Waals surface area contributed by atoms with Crippen molar-refractivity contribution < 1.29 is 18.3 Å². The predicted octanol–water partition coefficient (Wildman–Crippen LogP) is 0.489. The van der Waals surface area contributed by atoms with Crippen LogP contribution in [0.4, 0.5) is 4.79 Å². The lowest BCUT2D eigenvalue weighted by Gasteiger charge is -1.91. The highest BCUT2D eigenvalue weighted by molar-refractivity contribution is 8.05. The van der Waals surface area contributed by atoms with Crippen LogP contribution < -0.4 is 0 Å². The Morgan fingerprint density at radius 2 is 2.00 bits per heavy atom. The maximum absolute atomic E-state index is 10.3. The van der Waals surface area contributed by atoms with E-state index in [4.69, 9.17) is 5.11 Å². The SMILES string of the molecule is CCCS(=O)(=O)C(=O)O. The van der Waals surface area contributed by atoms with Gasteiger partial charge in [0.15, 0.2) is 0 Å². The molecule has 0 aliphatic rings. The molecule has 0 aromatic heterocycles. The number of carbonyl (C=O) groups is 1. The molecule has 0 aliphatic carbocycles. The molecule has 0 aromatic rings. The van der Waals surface area contributed by atoms with Gasteiger partial charge in [-0.1, -0.05) is 6.92 Å². The predicted molar refractivity (Wildman–Crippen MR) is 32.1 cm³/mol. The fourth-order valence-corrected chi connectivity index (χ4v) is 1.07. The molecule has 0 bridgehead atoms. The average molecular weight is 152 g/mol. The van der Waals surface area contributed by atoms with E-state index in [2.05, 4.69) is 0 Å². The first-order chi connectivity index (χ1) is 4.00. The topological polar surface area (TPSA) is 71.4 Å². The van der Waals surface area contributed by atoms with Crippen LogP contribution in [0.5, 0.6) is 0 Å². The molecule has 54 valence electrons. The van der Waals surface area contributed by atoms with Gasteiger partial charge in [0.2, 0.25) is 9.84 Å². The Balaban J connectivity index is 4.23. The second-order valence-corrected chi connectivity index (χ2v) is 3.57. The number of sulfone groups is 1. The second kappa shape index (κ2) is 2.82. The van der Waals surface area contributed by atoms with Gasteiger partial charge in [-0.3, -0.25) is 0 Å². The summed E-state index contributed by atoms with van der Waals surface area (Å²) in [6.45, 7) is 1.61. The Labute approximate surface area is 53.4 Å². The second-order valence-electron chi connectivity index (χ2n) is 1.58. The summed E-state index contributed by atoms with van der Waals surface area (Å²) in [5.74, 6) is -0.275. The van der Waals surface area contributed by atoms with E-state index in [-0.39, 0.29) is 5.75 Å². The minimum atomic E-state index is -3.83. The molecular formula is C4H8O4S. The highest BCUT2D eigenvalue weighted by Gasteiger charge is 2.18. The average Bonchev–Trinajstić information content (AvgIpc) is 1.65. The van der Waals surface area contributed by atoms with Gasteiger partial charge in [0.1, 0.15) is 0 Å². The number of carboxylic acid groups (broad SMARTS) is 1. The van der Waals surface area contributed by atoms with Crippen LogP contribution in [0, 0.1) is 0 Å². The highest BCUT2D eigenvalue weighted by Crippen LogP contribution is 1.93. The van der Waals surface area contributed by atoms with E-state index >= 15 is 0 Å². The molecule has 0 fully saturated rings. The summed E-state index contributed by atoms with van der Waals surface area (Å²) in [4.78, 5) is 9.82. The van der Waals surface area contributed by atoms with Crippen molar-refractivity contribution in [1.29, 1.82) is 0 Å². The summed E-state index contributed by atoms with van der Waals surface area (Å²) < 4.78 is 20.7. The molecule has 0 aliphatic heterocycles. The van der Waals surface area contributed by atoms with Crippen LogP contribution in [0.2, 0.25) is 0 Å². The monoisotopic (exact) mass is 152 g/mol. The Hall–Kier alpha value is -0.580. The Morgan fingerprint density at radius 3 is 2.11 bits per heavy atom. The van der Waals surface area contributed by atoms with E-state index in [1.165, 1.54) is 0 Å². The molecule has 0 heterocycles. The maximum atomic E-state index is 10.3. The van der Waals surface area contributed by atoms with E-state index in [0.717, 1.165) is 0 Å². The highest BCUT2D eigenvalue weighted by atomic mass is 32.2. The Kier molecular flexibility index (Phi) is 2.64. The Morgan fingerprint density at radius 1 is 1.56 bits per heavy atom. The van der Waals surface area contributed by atoms with Gasteiger partial charge in [-0.25, -0.2) is 13.2 Å². The first kappa shape index (κ1) is 8.42. The Bertz CT molecular complexity index is 191. The van der Waals surface area contributed by atoms with Crippen molar-refractivity contribution in [3.05, 3.63) is 0 Å². The molecule has 0 radical (unpaired) electrons. The van der Waals surface area contributed by atoms with E-state index in [9.17, 15) is 13.2 Å². The van der Waals surface area contributed by atoms with Gasteiger partial charge in [-0.05, 0) is 6.42 Å². The summed E-state index contributed by atoms with van der Waals surface area (Å²) in [6, 6.07) is 0. The zero-order valence-electron chi connectivity index (χ0n) is 4.99. The number of rotatable bonds is 2. The first-order valence-corrected chi connectivity index (χ1v) is 4.11. The number of hydrogen-bond donors (Lipinski definition) is 1. The summed E-state index contributed by atoms with van der Waals surface area (Å²) in [5.41, 5.74) is 0. The maximum Gasteiger partial charge on any atom is 0.422 e. The molecule has 0 spiro atoms.